The molecule has 104 valence electrons. The number of aliphatic imine (C=N–C) groups is 1. The molecule has 0 amide bonds. The van der Waals surface area contributed by atoms with Crippen LogP contribution in [0.3, 0.4) is 0 Å². The first-order valence-corrected chi connectivity index (χ1v) is 7.11. The number of rotatable bonds is 4. The molecule has 3 heteroatoms. The zero-order valence-corrected chi connectivity index (χ0v) is 11.8. The average molecular weight is 261 g/mol. The van der Waals surface area contributed by atoms with Crippen LogP contribution >= 0.6 is 0 Å². The van der Waals surface area contributed by atoms with Crippen molar-refractivity contribution in [3.63, 3.8) is 0 Å². The van der Waals surface area contributed by atoms with Crippen molar-refractivity contribution in [1.29, 1.82) is 0 Å². The molecule has 1 atom stereocenters. The van der Waals surface area contributed by atoms with E-state index in [4.69, 9.17) is 4.74 Å². The minimum Gasteiger partial charge on any atom is -0.504 e. The molecule has 19 heavy (non-hydrogen) atoms. The molecule has 3 nitrogen and oxygen atoms in total. The molecule has 0 heterocycles. The lowest BCUT2D eigenvalue weighted by atomic mass is 9.85. The van der Waals surface area contributed by atoms with Crippen LogP contribution in [0.15, 0.2) is 23.2 Å². The zero-order chi connectivity index (χ0) is 13.7. The van der Waals surface area contributed by atoms with Gasteiger partial charge in [-0.15, -0.1) is 0 Å². The van der Waals surface area contributed by atoms with E-state index >= 15 is 0 Å². The van der Waals surface area contributed by atoms with E-state index in [1.54, 1.807) is 19.4 Å². The molecule has 1 fully saturated rings. The second-order valence-electron chi connectivity index (χ2n) is 5.31. The third kappa shape index (κ3) is 3.49. The topological polar surface area (TPSA) is 41.8 Å². The number of ether oxygens (including phenoxy) is 1. The standard InChI is InChI=1S/C16H23NO2/c1-12(13-7-4-3-5-8-13)17-11-14-9-6-10-15(19-2)16(14)18/h6,9-13,18H,3-5,7-8H2,1-2H3/b17-11-/t12-/m0/s1. The van der Waals surface area contributed by atoms with Crippen LogP contribution in [-0.2, 0) is 0 Å². The van der Waals surface area contributed by atoms with Crippen molar-refractivity contribution < 1.29 is 9.84 Å². The van der Waals surface area contributed by atoms with Gasteiger partial charge in [-0.2, -0.15) is 0 Å². The SMILES string of the molecule is COc1cccc(/C=N\[C@@H](C)C2CCCCC2)c1O. The Morgan fingerprint density at radius 1 is 1.32 bits per heavy atom. The van der Waals surface area contributed by atoms with Gasteiger partial charge in [0.25, 0.3) is 0 Å². The van der Waals surface area contributed by atoms with Gasteiger partial charge in [-0.25, -0.2) is 0 Å². The van der Waals surface area contributed by atoms with Gasteiger partial charge in [0, 0.05) is 17.8 Å². The Labute approximate surface area is 115 Å². The molecule has 0 bridgehead atoms. The Balaban J connectivity index is 2.05. The molecular weight excluding hydrogens is 238 g/mol. The molecular formula is C16H23NO2. The fourth-order valence-electron chi connectivity index (χ4n) is 2.74. The number of nitrogens with zero attached hydrogens (tertiary/aromatic N) is 1. The van der Waals surface area contributed by atoms with Gasteiger partial charge in [0.1, 0.15) is 0 Å². The van der Waals surface area contributed by atoms with Gasteiger partial charge in [0.05, 0.1) is 7.11 Å². The largest absolute Gasteiger partial charge is 0.504 e. The highest BCUT2D eigenvalue weighted by atomic mass is 16.5. The molecule has 1 aromatic rings. The van der Waals surface area contributed by atoms with E-state index in [2.05, 4.69) is 11.9 Å². The van der Waals surface area contributed by atoms with Gasteiger partial charge in [-0.05, 0) is 37.8 Å². The van der Waals surface area contributed by atoms with Crippen LogP contribution in [-0.4, -0.2) is 24.5 Å². The lowest BCUT2D eigenvalue weighted by molar-refractivity contribution is 0.318. The van der Waals surface area contributed by atoms with Gasteiger partial charge in [-0.1, -0.05) is 25.3 Å². The lowest BCUT2D eigenvalue weighted by Gasteiger charge is -2.24. The fraction of sp³-hybridized carbons (Fsp3) is 0.562. The molecule has 0 unspecified atom stereocenters. The van der Waals surface area contributed by atoms with Gasteiger partial charge >= 0.3 is 0 Å². The number of methoxy groups -OCH3 is 1. The predicted molar refractivity (Wildman–Crippen MR) is 78.3 cm³/mol. The summed E-state index contributed by atoms with van der Waals surface area (Å²) in [6.07, 6.45) is 8.36. The lowest BCUT2D eigenvalue weighted by Crippen LogP contribution is -2.18. The first-order valence-electron chi connectivity index (χ1n) is 7.11. The van der Waals surface area contributed by atoms with Crippen molar-refractivity contribution >= 4 is 6.21 Å². The van der Waals surface area contributed by atoms with Gasteiger partial charge in [0.15, 0.2) is 11.5 Å². The van der Waals surface area contributed by atoms with Crippen molar-refractivity contribution in [1.82, 2.24) is 0 Å². The van der Waals surface area contributed by atoms with Crippen LogP contribution < -0.4 is 4.74 Å². The van der Waals surface area contributed by atoms with Crippen molar-refractivity contribution in [3.8, 4) is 11.5 Å². The number of phenolic OH excluding ortho intramolecular Hbond substituents is 1. The Kier molecular flexibility index (Phi) is 4.83. The number of hydrogen-bond donors (Lipinski definition) is 1. The maximum atomic E-state index is 10.00. The van der Waals surface area contributed by atoms with E-state index in [0.717, 1.165) is 5.56 Å². The van der Waals surface area contributed by atoms with Crippen LogP contribution in [0.4, 0.5) is 0 Å². The normalized spacial score (nSPS) is 18.6. The monoisotopic (exact) mass is 261 g/mol. The van der Waals surface area contributed by atoms with E-state index in [9.17, 15) is 5.11 Å². The molecule has 0 aromatic heterocycles. The molecule has 0 saturated heterocycles. The highest BCUT2D eigenvalue weighted by Crippen LogP contribution is 2.30. The molecule has 1 aliphatic rings. The zero-order valence-electron chi connectivity index (χ0n) is 11.8. The maximum Gasteiger partial charge on any atom is 0.166 e. The summed E-state index contributed by atoms with van der Waals surface area (Å²) in [7, 11) is 1.56. The fourth-order valence-corrected chi connectivity index (χ4v) is 2.74. The number of aromatic hydroxyl groups is 1. The highest BCUT2D eigenvalue weighted by Gasteiger charge is 2.19. The number of phenols is 1. The summed E-state index contributed by atoms with van der Waals surface area (Å²) in [4.78, 5) is 4.61. The molecule has 1 aromatic carbocycles. The molecule has 0 radical (unpaired) electrons. The molecule has 1 N–H and O–H groups in total. The van der Waals surface area contributed by atoms with E-state index in [1.807, 2.05) is 12.1 Å². The van der Waals surface area contributed by atoms with Crippen LogP contribution in [0.5, 0.6) is 11.5 Å². The molecule has 0 aliphatic heterocycles. The summed E-state index contributed by atoms with van der Waals surface area (Å²) in [5.41, 5.74) is 0.724. The Hall–Kier alpha value is -1.51. The number of para-hydroxylation sites is 1. The second-order valence-corrected chi connectivity index (χ2v) is 5.31. The Morgan fingerprint density at radius 3 is 2.74 bits per heavy atom. The van der Waals surface area contributed by atoms with Crippen molar-refractivity contribution in [2.24, 2.45) is 10.9 Å². The van der Waals surface area contributed by atoms with E-state index in [1.165, 1.54) is 32.1 Å². The summed E-state index contributed by atoms with van der Waals surface area (Å²) in [6.45, 7) is 2.17. The maximum absolute atomic E-state index is 10.00. The third-order valence-electron chi connectivity index (χ3n) is 4.03. The quantitative estimate of drug-likeness (QED) is 0.838. The minimum atomic E-state index is 0.171. The van der Waals surface area contributed by atoms with E-state index in [0.29, 0.717) is 17.7 Å². The Morgan fingerprint density at radius 2 is 2.05 bits per heavy atom. The molecule has 1 saturated carbocycles. The first-order chi connectivity index (χ1) is 9.22. The van der Waals surface area contributed by atoms with Crippen LogP contribution in [0, 0.1) is 5.92 Å². The summed E-state index contributed by atoms with van der Waals surface area (Å²) < 4.78 is 5.10. The van der Waals surface area contributed by atoms with Crippen molar-refractivity contribution in [2.45, 2.75) is 45.1 Å². The van der Waals surface area contributed by atoms with Crippen molar-refractivity contribution in [2.75, 3.05) is 7.11 Å². The summed E-state index contributed by atoms with van der Waals surface area (Å²) in [6, 6.07) is 5.79. The number of hydrogen-bond acceptors (Lipinski definition) is 3. The average Bonchev–Trinajstić information content (AvgIpc) is 2.47. The van der Waals surface area contributed by atoms with Crippen LogP contribution in [0.1, 0.15) is 44.6 Å². The summed E-state index contributed by atoms with van der Waals surface area (Å²) in [5.74, 6) is 1.36. The highest BCUT2D eigenvalue weighted by molar-refractivity contribution is 5.84. The van der Waals surface area contributed by atoms with E-state index < -0.39 is 0 Å². The Bertz CT molecular complexity index is 436. The molecule has 0 spiro atoms. The smallest absolute Gasteiger partial charge is 0.166 e. The van der Waals surface area contributed by atoms with Crippen LogP contribution in [0.25, 0.3) is 0 Å². The predicted octanol–water partition coefficient (Wildman–Crippen LogP) is 3.79. The number of benzene rings is 1. The molecule has 1 aliphatic carbocycles. The van der Waals surface area contributed by atoms with Gasteiger partial charge in [-0.3, -0.25) is 4.99 Å². The summed E-state index contributed by atoms with van der Waals surface area (Å²) >= 11 is 0. The van der Waals surface area contributed by atoms with Crippen LogP contribution in [0.2, 0.25) is 0 Å². The summed E-state index contributed by atoms with van der Waals surface area (Å²) in [5, 5.41) is 10.00. The van der Waals surface area contributed by atoms with E-state index in [-0.39, 0.29) is 5.75 Å². The molecule has 2 rings (SSSR count). The second kappa shape index (κ2) is 6.60. The van der Waals surface area contributed by atoms with Gasteiger partial charge < -0.3 is 9.84 Å². The first kappa shape index (κ1) is 13.9. The van der Waals surface area contributed by atoms with Crippen molar-refractivity contribution in [3.05, 3.63) is 23.8 Å². The third-order valence-corrected chi connectivity index (χ3v) is 4.03. The van der Waals surface area contributed by atoms with Gasteiger partial charge in [0.2, 0.25) is 0 Å². The minimum absolute atomic E-state index is 0.171.